The summed E-state index contributed by atoms with van der Waals surface area (Å²) in [6.07, 6.45) is 7.25. The number of allylic oxidation sites excluding steroid dienone is 1. The summed E-state index contributed by atoms with van der Waals surface area (Å²) in [7, 11) is 0. The lowest BCUT2D eigenvalue weighted by atomic mass is 10.2. The van der Waals surface area contributed by atoms with Crippen LogP contribution in [-0.4, -0.2) is 35.3 Å². The van der Waals surface area contributed by atoms with E-state index in [1.165, 1.54) is 4.90 Å². The molecule has 88 valence electrons. The van der Waals surface area contributed by atoms with Crippen molar-refractivity contribution in [2.45, 2.75) is 44.7 Å². The third-order valence-electron chi connectivity index (χ3n) is 3.03. The maximum Gasteiger partial charge on any atom is 0.247 e. The molecular weight excluding hydrogens is 204 g/mol. The fraction of sp³-hybridized carbons (Fsp3) is 0.667. The maximum atomic E-state index is 11.9. The first-order valence-electron chi connectivity index (χ1n) is 5.94. The Morgan fingerprint density at radius 1 is 1.44 bits per heavy atom. The summed E-state index contributed by atoms with van der Waals surface area (Å²) in [6.45, 7) is 2.73. The molecule has 1 saturated heterocycles. The zero-order chi connectivity index (χ0) is 11.5. The van der Waals surface area contributed by atoms with Crippen LogP contribution >= 0.6 is 0 Å². The van der Waals surface area contributed by atoms with Gasteiger partial charge in [0, 0.05) is 6.04 Å². The summed E-state index contributed by atoms with van der Waals surface area (Å²) in [5, 5.41) is 3.15. The predicted octanol–water partition coefficient (Wildman–Crippen LogP) is 0.832. The topological polar surface area (TPSA) is 49.4 Å². The predicted molar refractivity (Wildman–Crippen MR) is 60.7 cm³/mol. The van der Waals surface area contributed by atoms with Crippen molar-refractivity contribution in [1.29, 1.82) is 0 Å². The fourth-order valence-electron chi connectivity index (χ4n) is 2.03. The second-order valence-electron chi connectivity index (χ2n) is 4.40. The van der Waals surface area contributed by atoms with Gasteiger partial charge in [-0.3, -0.25) is 14.5 Å². The lowest BCUT2D eigenvalue weighted by Crippen LogP contribution is -2.40. The zero-order valence-electron chi connectivity index (χ0n) is 9.61. The summed E-state index contributed by atoms with van der Waals surface area (Å²) in [6, 6.07) is -0.0688. The number of nitrogens with zero attached hydrogens (tertiary/aromatic N) is 1. The SMILES string of the molecule is C/C=C/CCNC1CC(=O)N(C2CC2)C1=O. The van der Waals surface area contributed by atoms with Gasteiger partial charge in [0.1, 0.15) is 0 Å². The Morgan fingerprint density at radius 3 is 2.81 bits per heavy atom. The van der Waals surface area contributed by atoms with Crippen LogP contribution in [0.2, 0.25) is 0 Å². The van der Waals surface area contributed by atoms with Gasteiger partial charge in [-0.1, -0.05) is 12.2 Å². The molecule has 1 unspecified atom stereocenters. The van der Waals surface area contributed by atoms with Crippen LogP contribution in [0.1, 0.15) is 32.6 Å². The highest BCUT2D eigenvalue weighted by Crippen LogP contribution is 2.31. The molecule has 1 heterocycles. The van der Waals surface area contributed by atoms with Gasteiger partial charge in [-0.05, 0) is 32.7 Å². The van der Waals surface area contributed by atoms with Crippen molar-refractivity contribution in [3.05, 3.63) is 12.2 Å². The summed E-state index contributed by atoms with van der Waals surface area (Å²) < 4.78 is 0. The first kappa shape index (κ1) is 11.3. The molecule has 0 aromatic heterocycles. The van der Waals surface area contributed by atoms with Gasteiger partial charge in [0.15, 0.2) is 0 Å². The van der Waals surface area contributed by atoms with Crippen molar-refractivity contribution in [1.82, 2.24) is 10.2 Å². The van der Waals surface area contributed by atoms with Gasteiger partial charge in [0.05, 0.1) is 12.5 Å². The van der Waals surface area contributed by atoms with E-state index in [-0.39, 0.29) is 23.9 Å². The standard InChI is InChI=1S/C12H18N2O2/c1-2-3-4-7-13-10-8-11(15)14(12(10)16)9-5-6-9/h2-3,9-10,13H,4-8H2,1H3/b3-2+. The summed E-state index contributed by atoms with van der Waals surface area (Å²) in [5.74, 6) is -0.0241. The number of carbonyl (C=O) groups excluding carboxylic acids is 2. The maximum absolute atomic E-state index is 11.9. The van der Waals surface area contributed by atoms with E-state index in [1.807, 2.05) is 19.1 Å². The molecule has 0 aromatic carbocycles. The molecule has 2 fully saturated rings. The lowest BCUT2D eigenvalue weighted by Gasteiger charge is -2.13. The minimum Gasteiger partial charge on any atom is -0.305 e. The Morgan fingerprint density at radius 2 is 2.19 bits per heavy atom. The monoisotopic (exact) mass is 222 g/mol. The molecule has 0 spiro atoms. The molecule has 0 bridgehead atoms. The van der Waals surface area contributed by atoms with Gasteiger partial charge in [-0.15, -0.1) is 0 Å². The average Bonchev–Trinajstić information content (AvgIpc) is 3.03. The second-order valence-corrected chi connectivity index (χ2v) is 4.40. The van der Waals surface area contributed by atoms with E-state index in [0.717, 1.165) is 25.8 Å². The van der Waals surface area contributed by atoms with Crippen LogP contribution in [-0.2, 0) is 9.59 Å². The minimum absolute atomic E-state index is 0.00367. The average molecular weight is 222 g/mol. The van der Waals surface area contributed by atoms with Crippen LogP contribution in [0.15, 0.2) is 12.2 Å². The first-order chi connectivity index (χ1) is 7.74. The Kier molecular flexibility index (Phi) is 3.39. The number of imide groups is 1. The Bertz CT molecular complexity index is 321. The molecule has 1 aliphatic carbocycles. The van der Waals surface area contributed by atoms with E-state index in [9.17, 15) is 9.59 Å². The Hall–Kier alpha value is -1.16. The molecule has 1 N–H and O–H groups in total. The van der Waals surface area contributed by atoms with E-state index in [4.69, 9.17) is 0 Å². The van der Waals surface area contributed by atoms with Crippen LogP contribution in [0.5, 0.6) is 0 Å². The van der Waals surface area contributed by atoms with Gasteiger partial charge in [-0.25, -0.2) is 0 Å². The molecule has 0 aromatic rings. The van der Waals surface area contributed by atoms with E-state index >= 15 is 0 Å². The number of nitrogens with one attached hydrogen (secondary N) is 1. The van der Waals surface area contributed by atoms with Crippen LogP contribution in [0.3, 0.4) is 0 Å². The lowest BCUT2D eigenvalue weighted by molar-refractivity contribution is -0.139. The molecule has 4 heteroatoms. The highest BCUT2D eigenvalue weighted by molar-refractivity contribution is 6.06. The largest absolute Gasteiger partial charge is 0.305 e. The van der Waals surface area contributed by atoms with Gasteiger partial charge in [0.25, 0.3) is 0 Å². The van der Waals surface area contributed by atoms with E-state index < -0.39 is 0 Å². The van der Waals surface area contributed by atoms with Gasteiger partial charge < -0.3 is 5.32 Å². The minimum atomic E-state index is -0.279. The number of carbonyl (C=O) groups is 2. The van der Waals surface area contributed by atoms with Crippen molar-refractivity contribution in [3.63, 3.8) is 0 Å². The molecule has 2 aliphatic rings. The van der Waals surface area contributed by atoms with Crippen molar-refractivity contribution < 1.29 is 9.59 Å². The van der Waals surface area contributed by atoms with Gasteiger partial charge in [-0.2, -0.15) is 0 Å². The third kappa shape index (κ3) is 2.32. The van der Waals surface area contributed by atoms with Crippen molar-refractivity contribution >= 4 is 11.8 Å². The normalized spacial score (nSPS) is 26.1. The Balaban J connectivity index is 1.83. The molecular formula is C12H18N2O2. The summed E-state index contributed by atoms with van der Waals surface area (Å²) in [5.41, 5.74) is 0. The second kappa shape index (κ2) is 4.78. The van der Waals surface area contributed by atoms with E-state index in [1.54, 1.807) is 0 Å². The number of rotatable bonds is 5. The smallest absolute Gasteiger partial charge is 0.247 e. The number of hydrogen-bond acceptors (Lipinski definition) is 3. The van der Waals surface area contributed by atoms with Crippen LogP contribution in [0, 0.1) is 0 Å². The molecule has 16 heavy (non-hydrogen) atoms. The van der Waals surface area contributed by atoms with Gasteiger partial charge >= 0.3 is 0 Å². The van der Waals surface area contributed by atoms with Crippen molar-refractivity contribution in [2.75, 3.05) is 6.54 Å². The zero-order valence-corrected chi connectivity index (χ0v) is 9.61. The number of hydrogen-bond donors (Lipinski definition) is 1. The molecule has 0 radical (unpaired) electrons. The molecule has 2 amide bonds. The Labute approximate surface area is 95.7 Å². The first-order valence-corrected chi connectivity index (χ1v) is 5.94. The van der Waals surface area contributed by atoms with Crippen molar-refractivity contribution in [2.24, 2.45) is 0 Å². The molecule has 4 nitrogen and oxygen atoms in total. The highest BCUT2D eigenvalue weighted by atomic mass is 16.2. The fourth-order valence-corrected chi connectivity index (χ4v) is 2.03. The molecule has 1 saturated carbocycles. The number of likely N-dealkylation sites (tertiary alicyclic amines) is 1. The van der Waals surface area contributed by atoms with Gasteiger partial charge in [0.2, 0.25) is 11.8 Å². The number of amides is 2. The van der Waals surface area contributed by atoms with Crippen LogP contribution < -0.4 is 5.32 Å². The van der Waals surface area contributed by atoms with Crippen LogP contribution in [0.4, 0.5) is 0 Å². The quantitative estimate of drug-likeness (QED) is 0.426. The third-order valence-corrected chi connectivity index (χ3v) is 3.03. The van der Waals surface area contributed by atoms with E-state index in [0.29, 0.717) is 6.42 Å². The molecule has 2 rings (SSSR count). The summed E-state index contributed by atoms with van der Waals surface area (Å²) >= 11 is 0. The molecule has 1 atom stereocenters. The van der Waals surface area contributed by atoms with Crippen LogP contribution in [0.25, 0.3) is 0 Å². The highest BCUT2D eigenvalue weighted by Gasteiger charge is 2.45. The molecule has 1 aliphatic heterocycles. The summed E-state index contributed by atoms with van der Waals surface area (Å²) in [4.78, 5) is 25.0. The van der Waals surface area contributed by atoms with Crippen molar-refractivity contribution in [3.8, 4) is 0 Å². The van der Waals surface area contributed by atoms with E-state index in [2.05, 4.69) is 5.32 Å².